The third-order valence-corrected chi connectivity index (χ3v) is 5.04. The number of benzene rings is 2. The molecule has 3 aromatic rings. The summed E-state index contributed by atoms with van der Waals surface area (Å²) in [7, 11) is 0. The Morgan fingerprint density at radius 1 is 0.966 bits per heavy atom. The number of carbonyl (C=O) groups is 1. The van der Waals surface area contributed by atoms with E-state index in [1.165, 1.54) is 35.6 Å². The van der Waals surface area contributed by atoms with Crippen molar-refractivity contribution in [2.24, 2.45) is 0 Å². The second-order valence-corrected chi connectivity index (χ2v) is 8.10. The number of rotatable bonds is 8. The van der Waals surface area contributed by atoms with Gasteiger partial charge in [0.15, 0.2) is 0 Å². The average molecular weight is 416 g/mol. The molecule has 0 atom stereocenters. The molecule has 1 heterocycles. The number of nitrogens with one attached hydrogen (secondary N) is 1. The number of amides is 1. The predicted octanol–water partition coefficient (Wildman–Crippen LogP) is 4.76. The minimum atomic E-state index is -0.278. The number of hydrogen-bond acceptors (Lipinski definition) is 4. The lowest BCUT2D eigenvalue weighted by atomic mass is 10.1. The van der Waals surface area contributed by atoms with Gasteiger partial charge in [0.25, 0.3) is 5.91 Å². The molecule has 0 saturated heterocycles. The normalized spacial score (nSPS) is 11.2. The van der Waals surface area contributed by atoms with Crippen LogP contribution in [-0.2, 0) is 19.6 Å². The lowest BCUT2D eigenvalue weighted by molar-refractivity contribution is 0.0938. The maximum Gasteiger partial charge on any atom is 0.270 e. The fourth-order valence-corrected chi connectivity index (χ4v) is 3.69. The van der Waals surface area contributed by atoms with Gasteiger partial charge in [-0.15, -0.1) is 11.3 Å². The van der Waals surface area contributed by atoms with Crippen LogP contribution in [0.3, 0.4) is 0 Å². The Hall–Kier alpha value is -2.64. The molecule has 0 saturated carbocycles. The van der Waals surface area contributed by atoms with Gasteiger partial charge in [0.1, 0.15) is 22.3 Å². The fraction of sp³-hybridized carbons (Fsp3) is 0.273. The molecule has 0 aliphatic rings. The molecule has 0 unspecified atom stereocenters. The lowest BCUT2D eigenvalue weighted by Crippen LogP contribution is -2.30. The van der Waals surface area contributed by atoms with E-state index >= 15 is 0 Å². The van der Waals surface area contributed by atoms with Gasteiger partial charge in [0.05, 0.1) is 6.54 Å². The molecular formula is C22H23F2N3OS. The second kappa shape index (κ2) is 9.71. The van der Waals surface area contributed by atoms with Crippen molar-refractivity contribution >= 4 is 17.2 Å². The summed E-state index contributed by atoms with van der Waals surface area (Å²) in [5, 5.41) is 5.40. The summed E-state index contributed by atoms with van der Waals surface area (Å²) in [6, 6.07) is 12.8. The number of aromatic nitrogens is 1. The van der Waals surface area contributed by atoms with Crippen LogP contribution in [0.5, 0.6) is 0 Å². The Balaban J connectivity index is 1.75. The number of carbonyl (C=O) groups excluding carboxylic acids is 1. The SMILES string of the molecule is CC(C)NC(=O)c1csc(CN(Cc2ccc(F)cc2)Cc2ccc(F)cc2)n1. The van der Waals surface area contributed by atoms with E-state index < -0.39 is 0 Å². The zero-order valence-electron chi connectivity index (χ0n) is 16.4. The van der Waals surface area contributed by atoms with Gasteiger partial charge in [-0.05, 0) is 49.2 Å². The summed E-state index contributed by atoms with van der Waals surface area (Å²) < 4.78 is 26.5. The van der Waals surface area contributed by atoms with Crippen LogP contribution in [0, 0.1) is 11.6 Å². The third-order valence-electron chi connectivity index (χ3n) is 4.20. The van der Waals surface area contributed by atoms with Crippen LogP contribution in [0.25, 0.3) is 0 Å². The molecule has 152 valence electrons. The van der Waals surface area contributed by atoms with Gasteiger partial charge in [-0.2, -0.15) is 0 Å². The van der Waals surface area contributed by atoms with E-state index in [4.69, 9.17) is 0 Å². The molecule has 0 fully saturated rings. The van der Waals surface area contributed by atoms with Crippen LogP contribution < -0.4 is 5.32 Å². The summed E-state index contributed by atoms with van der Waals surface area (Å²) in [5.41, 5.74) is 2.33. The topological polar surface area (TPSA) is 45.2 Å². The van der Waals surface area contributed by atoms with Crippen LogP contribution in [0.4, 0.5) is 8.78 Å². The van der Waals surface area contributed by atoms with Crippen LogP contribution in [0.1, 0.15) is 40.5 Å². The Bertz CT molecular complexity index is 892. The molecule has 2 aromatic carbocycles. The van der Waals surface area contributed by atoms with Crippen molar-refractivity contribution in [2.45, 2.75) is 39.5 Å². The summed E-state index contributed by atoms with van der Waals surface area (Å²) >= 11 is 1.43. The number of halogens is 2. The van der Waals surface area contributed by atoms with E-state index in [2.05, 4.69) is 15.2 Å². The molecule has 4 nitrogen and oxygen atoms in total. The molecule has 1 N–H and O–H groups in total. The molecule has 0 bridgehead atoms. The predicted molar refractivity (Wildman–Crippen MR) is 110 cm³/mol. The van der Waals surface area contributed by atoms with Crippen LogP contribution in [0.15, 0.2) is 53.9 Å². The molecule has 7 heteroatoms. The van der Waals surface area contributed by atoms with E-state index in [0.29, 0.717) is 25.3 Å². The summed E-state index contributed by atoms with van der Waals surface area (Å²) in [4.78, 5) is 18.7. The summed E-state index contributed by atoms with van der Waals surface area (Å²) in [5.74, 6) is -0.745. The second-order valence-electron chi connectivity index (χ2n) is 7.15. The van der Waals surface area contributed by atoms with Gasteiger partial charge in [0, 0.05) is 24.5 Å². The highest BCUT2D eigenvalue weighted by Crippen LogP contribution is 2.18. The molecule has 0 radical (unpaired) electrons. The molecular weight excluding hydrogens is 392 g/mol. The van der Waals surface area contributed by atoms with E-state index in [1.54, 1.807) is 29.6 Å². The van der Waals surface area contributed by atoms with Gasteiger partial charge in [-0.3, -0.25) is 9.69 Å². The van der Waals surface area contributed by atoms with Crippen LogP contribution >= 0.6 is 11.3 Å². The Kier molecular flexibility index (Phi) is 7.06. The minimum Gasteiger partial charge on any atom is -0.349 e. The fourth-order valence-electron chi connectivity index (χ4n) is 2.88. The molecule has 3 rings (SSSR count). The molecule has 0 aliphatic carbocycles. The van der Waals surface area contributed by atoms with Gasteiger partial charge in [0.2, 0.25) is 0 Å². The highest BCUT2D eigenvalue weighted by molar-refractivity contribution is 7.09. The number of hydrogen-bond donors (Lipinski definition) is 1. The van der Waals surface area contributed by atoms with Gasteiger partial charge >= 0.3 is 0 Å². The zero-order valence-corrected chi connectivity index (χ0v) is 17.2. The summed E-state index contributed by atoms with van der Waals surface area (Å²) in [6.07, 6.45) is 0. The van der Waals surface area contributed by atoms with Crippen molar-refractivity contribution in [3.63, 3.8) is 0 Å². The van der Waals surface area contributed by atoms with Crippen molar-refractivity contribution in [3.8, 4) is 0 Å². The number of nitrogens with zero attached hydrogens (tertiary/aromatic N) is 2. The highest BCUT2D eigenvalue weighted by atomic mass is 32.1. The van der Waals surface area contributed by atoms with E-state index in [0.717, 1.165) is 16.1 Å². The smallest absolute Gasteiger partial charge is 0.270 e. The first-order chi connectivity index (χ1) is 13.9. The van der Waals surface area contributed by atoms with Gasteiger partial charge in [-0.1, -0.05) is 24.3 Å². The maximum atomic E-state index is 13.2. The van der Waals surface area contributed by atoms with E-state index in [9.17, 15) is 13.6 Å². The maximum absolute atomic E-state index is 13.2. The third kappa shape index (κ3) is 6.44. The monoisotopic (exact) mass is 415 g/mol. The lowest BCUT2D eigenvalue weighted by Gasteiger charge is -2.21. The first kappa shape index (κ1) is 21.1. The molecule has 1 aromatic heterocycles. The van der Waals surface area contributed by atoms with Gasteiger partial charge < -0.3 is 5.32 Å². The standard InChI is InChI=1S/C22H23F2N3OS/c1-15(2)25-22(28)20-14-29-21(26-20)13-27(11-16-3-7-18(23)8-4-16)12-17-5-9-19(24)10-6-17/h3-10,14-15H,11-13H2,1-2H3,(H,25,28). The van der Waals surface area contributed by atoms with E-state index in [-0.39, 0.29) is 23.6 Å². The molecule has 29 heavy (non-hydrogen) atoms. The molecule has 0 spiro atoms. The first-order valence-corrected chi connectivity index (χ1v) is 10.2. The van der Waals surface area contributed by atoms with Crippen molar-refractivity contribution in [1.29, 1.82) is 0 Å². The Morgan fingerprint density at radius 2 is 1.48 bits per heavy atom. The summed E-state index contributed by atoms with van der Waals surface area (Å²) in [6.45, 7) is 5.47. The highest BCUT2D eigenvalue weighted by Gasteiger charge is 2.15. The molecule has 1 amide bonds. The largest absolute Gasteiger partial charge is 0.349 e. The molecule has 0 aliphatic heterocycles. The quantitative estimate of drug-likeness (QED) is 0.577. The van der Waals surface area contributed by atoms with Crippen molar-refractivity contribution in [3.05, 3.63) is 87.4 Å². The Labute approximate surface area is 173 Å². The number of thiazole rings is 1. The average Bonchev–Trinajstić information content (AvgIpc) is 3.13. The van der Waals surface area contributed by atoms with Crippen molar-refractivity contribution in [1.82, 2.24) is 15.2 Å². The van der Waals surface area contributed by atoms with Crippen LogP contribution in [-0.4, -0.2) is 21.8 Å². The Morgan fingerprint density at radius 3 is 1.97 bits per heavy atom. The van der Waals surface area contributed by atoms with Crippen LogP contribution in [0.2, 0.25) is 0 Å². The first-order valence-electron chi connectivity index (χ1n) is 9.35. The van der Waals surface area contributed by atoms with E-state index in [1.807, 2.05) is 13.8 Å². The van der Waals surface area contributed by atoms with Crippen molar-refractivity contribution in [2.75, 3.05) is 0 Å². The van der Waals surface area contributed by atoms with Crippen molar-refractivity contribution < 1.29 is 13.6 Å². The zero-order chi connectivity index (χ0) is 20.8. The minimum absolute atomic E-state index is 0.0427. The van der Waals surface area contributed by atoms with Gasteiger partial charge in [-0.25, -0.2) is 13.8 Å².